The predicted molar refractivity (Wildman–Crippen MR) is 111 cm³/mol. The number of thioether (sulfide) groups is 1. The molecule has 138 valence electrons. The average molecular weight is 388 g/mol. The van der Waals surface area contributed by atoms with Gasteiger partial charge in [0.05, 0.1) is 11.3 Å². The van der Waals surface area contributed by atoms with Gasteiger partial charge in [-0.1, -0.05) is 36.7 Å². The summed E-state index contributed by atoms with van der Waals surface area (Å²) in [7, 11) is 0. The first-order valence-electron chi connectivity index (χ1n) is 9.41. The minimum absolute atomic E-state index is 0.0228. The third kappa shape index (κ3) is 4.83. The van der Waals surface area contributed by atoms with Crippen LogP contribution in [0.4, 0.5) is 0 Å². The van der Waals surface area contributed by atoms with Crippen molar-refractivity contribution in [3.63, 3.8) is 0 Å². The van der Waals surface area contributed by atoms with Crippen LogP contribution in [0, 0.1) is 0 Å². The molecule has 0 aromatic heterocycles. The summed E-state index contributed by atoms with van der Waals surface area (Å²) in [6.45, 7) is 4.12. The second-order valence-corrected chi connectivity index (χ2v) is 8.65. The van der Waals surface area contributed by atoms with Crippen molar-refractivity contribution in [1.29, 1.82) is 0 Å². The summed E-state index contributed by atoms with van der Waals surface area (Å²) in [6.07, 6.45) is 5.70. The van der Waals surface area contributed by atoms with E-state index < -0.39 is 0 Å². The van der Waals surface area contributed by atoms with E-state index in [0.29, 0.717) is 5.02 Å². The van der Waals surface area contributed by atoms with E-state index in [9.17, 15) is 4.79 Å². The molecule has 4 heteroatoms. The van der Waals surface area contributed by atoms with E-state index >= 15 is 0 Å². The van der Waals surface area contributed by atoms with E-state index in [4.69, 9.17) is 11.6 Å². The molecule has 1 amide bonds. The highest BCUT2D eigenvalue weighted by Gasteiger charge is 2.21. The molecule has 2 atom stereocenters. The number of rotatable bonds is 6. The zero-order chi connectivity index (χ0) is 18.5. The summed E-state index contributed by atoms with van der Waals surface area (Å²) in [6, 6.07) is 14.4. The number of halogens is 1. The van der Waals surface area contributed by atoms with E-state index in [-0.39, 0.29) is 17.2 Å². The number of amides is 1. The van der Waals surface area contributed by atoms with Crippen molar-refractivity contribution in [3.05, 3.63) is 64.2 Å². The smallest absolute Gasteiger partial charge is 0.233 e. The van der Waals surface area contributed by atoms with Crippen molar-refractivity contribution in [1.82, 2.24) is 5.32 Å². The maximum Gasteiger partial charge on any atom is 0.233 e. The molecule has 0 saturated carbocycles. The van der Waals surface area contributed by atoms with Gasteiger partial charge in [0.25, 0.3) is 0 Å². The molecular weight excluding hydrogens is 362 g/mol. The van der Waals surface area contributed by atoms with Crippen molar-refractivity contribution >= 4 is 29.3 Å². The number of fused-ring (bicyclic) bond motifs is 1. The zero-order valence-corrected chi connectivity index (χ0v) is 17.0. The Morgan fingerprint density at radius 2 is 1.81 bits per heavy atom. The molecule has 0 spiro atoms. The van der Waals surface area contributed by atoms with E-state index in [0.717, 1.165) is 17.7 Å². The van der Waals surface area contributed by atoms with Crippen molar-refractivity contribution in [2.45, 2.75) is 62.1 Å². The van der Waals surface area contributed by atoms with Crippen LogP contribution in [0.15, 0.2) is 47.4 Å². The molecule has 2 nitrogen and oxygen atoms in total. The first-order valence-corrected chi connectivity index (χ1v) is 10.7. The molecule has 0 radical (unpaired) electrons. The molecule has 3 rings (SSSR count). The van der Waals surface area contributed by atoms with Crippen LogP contribution in [-0.2, 0) is 17.6 Å². The Morgan fingerprint density at radius 1 is 1.12 bits per heavy atom. The van der Waals surface area contributed by atoms with Crippen LogP contribution in [0.25, 0.3) is 0 Å². The van der Waals surface area contributed by atoms with Gasteiger partial charge in [-0.2, -0.15) is 0 Å². The van der Waals surface area contributed by atoms with Gasteiger partial charge in [-0.25, -0.2) is 0 Å². The standard InChI is InChI=1S/C22H26ClNOS/c1-3-21(26-20-12-10-19(23)11-13-20)22(25)24-15(2)17-9-8-16-6-4-5-7-18(16)14-17/h8-15,21H,3-7H2,1-2H3,(H,24,25)/t15-,21-/m0/s1. The normalized spacial score (nSPS) is 15.8. The highest BCUT2D eigenvalue weighted by Crippen LogP contribution is 2.28. The number of hydrogen-bond acceptors (Lipinski definition) is 2. The Kier molecular flexibility index (Phi) is 6.66. The molecule has 1 aliphatic carbocycles. The number of nitrogens with one attached hydrogen (secondary N) is 1. The van der Waals surface area contributed by atoms with Gasteiger partial charge < -0.3 is 5.32 Å². The lowest BCUT2D eigenvalue weighted by Gasteiger charge is -2.22. The van der Waals surface area contributed by atoms with Crippen LogP contribution in [-0.4, -0.2) is 11.2 Å². The molecule has 2 aromatic rings. The maximum atomic E-state index is 12.8. The number of aryl methyl sites for hydroxylation is 2. The van der Waals surface area contributed by atoms with Gasteiger partial charge in [0, 0.05) is 9.92 Å². The van der Waals surface area contributed by atoms with Crippen molar-refractivity contribution in [3.8, 4) is 0 Å². The van der Waals surface area contributed by atoms with Gasteiger partial charge in [0.1, 0.15) is 0 Å². The lowest BCUT2D eigenvalue weighted by molar-refractivity contribution is -0.121. The summed E-state index contributed by atoms with van der Waals surface area (Å²) in [5.41, 5.74) is 4.13. The van der Waals surface area contributed by atoms with Crippen LogP contribution in [0.1, 0.15) is 55.8 Å². The van der Waals surface area contributed by atoms with Crippen LogP contribution in [0.5, 0.6) is 0 Å². The fourth-order valence-corrected chi connectivity index (χ4v) is 4.50. The largest absolute Gasteiger partial charge is 0.349 e. The van der Waals surface area contributed by atoms with Gasteiger partial charge in [-0.05, 0) is 80.0 Å². The number of carbonyl (C=O) groups excluding carboxylic acids is 1. The summed E-state index contributed by atoms with van der Waals surface area (Å²) in [5.74, 6) is 0.0951. The second-order valence-electron chi connectivity index (χ2n) is 6.93. The van der Waals surface area contributed by atoms with Crippen LogP contribution in [0.3, 0.4) is 0 Å². The quantitative estimate of drug-likeness (QED) is 0.619. The van der Waals surface area contributed by atoms with E-state index in [1.807, 2.05) is 24.3 Å². The summed E-state index contributed by atoms with van der Waals surface area (Å²) in [4.78, 5) is 13.8. The minimum Gasteiger partial charge on any atom is -0.349 e. The molecule has 1 aliphatic rings. The number of benzene rings is 2. The van der Waals surface area contributed by atoms with E-state index in [2.05, 4.69) is 37.4 Å². The lowest BCUT2D eigenvalue weighted by atomic mass is 9.89. The second kappa shape index (κ2) is 8.96. The molecule has 0 aliphatic heterocycles. The zero-order valence-electron chi connectivity index (χ0n) is 15.4. The third-order valence-corrected chi connectivity index (χ3v) is 6.61. The van der Waals surface area contributed by atoms with Crippen LogP contribution >= 0.6 is 23.4 Å². The van der Waals surface area contributed by atoms with Gasteiger partial charge in [-0.3, -0.25) is 4.79 Å². The molecule has 1 N–H and O–H groups in total. The Bertz CT molecular complexity index is 759. The average Bonchev–Trinajstić information content (AvgIpc) is 2.67. The molecule has 26 heavy (non-hydrogen) atoms. The fourth-order valence-electron chi connectivity index (χ4n) is 3.41. The van der Waals surface area contributed by atoms with Crippen molar-refractivity contribution in [2.24, 2.45) is 0 Å². The third-order valence-electron chi connectivity index (χ3n) is 4.99. The van der Waals surface area contributed by atoms with Crippen LogP contribution in [0.2, 0.25) is 5.02 Å². The van der Waals surface area contributed by atoms with E-state index in [1.165, 1.54) is 36.0 Å². The Labute approximate surface area is 165 Å². The molecule has 0 unspecified atom stereocenters. The predicted octanol–water partition coefficient (Wildman–Crippen LogP) is 5.97. The van der Waals surface area contributed by atoms with E-state index in [1.54, 1.807) is 11.8 Å². The molecular formula is C22H26ClNOS. The number of carbonyl (C=O) groups is 1. The Morgan fingerprint density at radius 3 is 2.50 bits per heavy atom. The Balaban J connectivity index is 1.64. The fraction of sp³-hybridized carbons (Fsp3) is 0.409. The van der Waals surface area contributed by atoms with Crippen molar-refractivity contribution in [2.75, 3.05) is 0 Å². The summed E-state index contributed by atoms with van der Waals surface area (Å²) in [5, 5.41) is 3.81. The highest BCUT2D eigenvalue weighted by molar-refractivity contribution is 8.00. The first-order chi connectivity index (χ1) is 12.6. The summed E-state index contributed by atoms with van der Waals surface area (Å²) < 4.78 is 0. The minimum atomic E-state index is -0.101. The van der Waals surface area contributed by atoms with Gasteiger partial charge in [0.15, 0.2) is 0 Å². The molecule has 0 heterocycles. The topological polar surface area (TPSA) is 29.1 Å². The van der Waals surface area contributed by atoms with Crippen LogP contribution < -0.4 is 5.32 Å². The molecule has 0 fully saturated rings. The number of hydrogen-bond donors (Lipinski definition) is 1. The highest BCUT2D eigenvalue weighted by atomic mass is 35.5. The molecule has 0 bridgehead atoms. The summed E-state index contributed by atoms with van der Waals surface area (Å²) >= 11 is 7.54. The Hall–Kier alpha value is -1.45. The van der Waals surface area contributed by atoms with Gasteiger partial charge >= 0.3 is 0 Å². The monoisotopic (exact) mass is 387 g/mol. The van der Waals surface area contributed by atoms with Gasteiger partial charge in [0.2, 0.25) is 5.91 Å². The van der Waals surface area contributed by atoms with Crippen molar-refractivity contribution < 1.29 is 4.79 Å². The maximum absolute atomic E-state index is 12.8. The molecule has 0 saturated heterocycles. The SMILES string of the molecule is CC[C@H](Sc1ccc(Cl)cc1)C(=O)N[C@@H](C)c1ccc2c(c1)CCCC2. The molecule has 2 aromatic carbocycles. The van der Waals surface area contributed by atoms with Gasteiger partial charge in [-0.15, -0.1) is 11.8 Å². The lowest BCUT2D eigenvalue weighted by Crippen LogP contribution is -2.34. The first kappa shape index (κ1) is 19.3.